The SMILES string of the molecule is CC(C)c1ccc2c(c1)C1CCCN1CC2. The summed E-state index contributed by atoms with van der Waals surface area (Å²) in [6, 6.07) is 7.92. The first-order chi connectivity index (χ1) is 7.75. The molecule has 0 amide bonds. The van der Waals surface area contributed by atoms with E-state index >= 15 is 0 Å². The van der Waals surface area contributed by atoms with Crippen molar-refractivity contribution in [1.29, 1.82) is 0 Å². The molecule has 2 aliphatic rings. The van der Waals surface area contributed by atoms with Gasteiger partial charge < -0.3 is 0 Å². The maximum atomic E-state index is 2.67. The maximum absolute atomic E-state index is 2.67. The Hall–Kier alpha value is -0.820. The van der Waals surface area contributed by atoms with Gasteiger partial charge in [0.05, 0.1) is 0 Å². The second kappa shape index (κ2) is 3.89. The van der Waals surface area contributed by atoms with Crippen LogP contribution < -0.4 is 0 Å². The van der Waals surface area contributed by atoms with E-state index in [1.54, 1.807) is 11.1 Å². The number of hydrogen-bond donors (Lipinski definition) is 0. The average molecular weight is 215 g/mol. The highest BCUT2D eigenvalue weighted by molar-refractivity contribution is 5.38. The van der Waals surface area contributed by atoms with E-state index in [9.17, 15) is 0 Å². The Kier molecular flexibility index (Phi) is 2.51. The maximum Gasteiger partial charge on any atom is 0.0351 e. The first-order valence-corrected chi connectivity index (χ1v) is 6.62. The third kappa shape index (κ3) is 1.58. The van der Waals surface area contributed by atoms with E-state index in [-0.39, 0.29) is 0 Å². The van der Waals surface area contributed by atoms with Crippen LogP contribution >= 0.6 is 0 Å². The number of fused-ring (bicyclic) bond motifs is 3. The van der Waals surface area contributed by atoms with Crippen molar-refractivity contribution in [2.75, 3.05) is 13.1 Å². The molecule has 1 aromatic rings. The zero-order valence-corrected chi connectivity index (χ0v) is 10.4. The van der Waals surface area contributed by atoms with Crippen molar-refractivity contribution in [2.24, 2.45) is 0 Å². The summed E-state index contributed by atoms with van der Waals surface area (Å²) in [5.74, 6) is 0.655. The molecule has 0 bridgehead atoms. The zero-order valence-electron chi connectivity index (χ0n) is 10.4. The highest BCUT2D eigenvalue weighted by atomic mass is 15.2. The molecule has 3 rings (SSSR count). The number of hydrogen-bond acceptors (Lipinski definition) is 1. The Morgan fingerprint density at radius 1 is 1.25 bits per heavy atom. The molecule has 1 nitrogen and oxygen atoms in total. The Balaban J connectivity index is 2.02. The average Bonchev–Trinajstić information content (AvgIpc) is 2.76. The monoisotopic (exact) mass is 215 g/mol. The van der Waals surface area contributed by atoms with Crippen LogP contribution in [-0.2, 0) is 6.42 Å². The van der Waals surface area contributed by atoms with Crippen LogP contribution in [0.2, 0.25) is 0 Å². The van der Waals surface area contributed by atoms with E-state index < -0.39 is 0 Å². The fourth-order valence-corrected chi connectivity index (χ4v) is 3.22. The molecule has 1 atom stereocenters. The van der Waals surface area contributed by atoms with Crippen LogP contribution in [-0.4, -0.2) is 18.0 Å². The summed E-state index contributed by atoms with van der Waals surface area (Å²) < 4.78 is 0. The van der Waals surface area contributed by atoms with E-state index in [0.29, 0.717) is 5.92 Å². The minimum absolute atomic E-state index is 0.655. The van der Waals surface area contributed by atoms with Crippen molar-refractivity contribution in [3.8, 4) is 0 Å². The molecule has 0 aliphatic carbocycles. The molecular weight excluding hydrogens is 194 g/mol. The normalized spacial score (nSPS) is 24.6. The van der Waals surface area contributed by atoms with Crippen LogP contribution in [0.25, 0.3) is 0 Å². The predicted octanol–water partition coefficient (Wildman–Crippen LogP) is 3.50. The molecule has 2 aliphatic heterocycles. The summed E-state index contributed by atoms with van der Waals surface area (Å²) in [5, 5.41) is 0. The van der Waals surface area contributed by atoms with E-state index in [0.717, 1.165) is 6.04 Å². The Bertz CT molecular complexity index is 394. The van der Waals surface area contributed by atoms with Gasteiger partial charge in [0, 0.05) is 12.6 Å². The van der Waals surface area contributed by atoms with Gasteiger partial charge in [-0.2, -0.15) is 0 Å². The van der Waals surface area contributed by atoms with Crippen molar-refractivity contribution in [3.05, 3.63) is 34.9 Å². The third-order valence-corrected chi connectivity index (χ3v) is 4.23. The number of rotatable bonds is 1. The third-order valence-electron chi connectivity index (χ3n) is 4.23. The molecule has 1 saturated heterocycles. The summed E-state index contributed by atoms with van der Waals surface area (Å²) in [6.45, 7) is 7.17. The minimum atomic E-state index is 0.655. The molecule has 0 saturated carbocycles. The molecule has 1 heteroatoms. The van der Waals surface area contributed by atoms with Gasteiger partial charge >= 0.3 is 0 Å². The molecule has 1 aromatic carbocycles. The second-order valence-electron chi connectivity index (χ2n) is 5.56. The van der Waals surface area contributed by atoms with Crippen LogP contribution in [0.4, 0.5) is 0 Å². The molecule has 1 fully saturated rings. The van der Waals surface area contributed by atoms with Crippen molar-refractivity contribution in [2.45, 2.75) is 45.1 Å². The largest absolute Gasteiger partial charge is 0.296 e. The summed E-state index contributed by atoms with van der Waals surface area (Å²) in [5.41, 5.74) is 4.75. The highest BCUT2D eigenvalue weighted by Gasteiger charge is 2.30. The van der Waals surface area contributed by atoms with Crippen molar-refractivity contribution < 1.29 is 0 Å². The van der Waals surface area contributed by atoms with Gasteiger partial charge in [-0.05, 0) is 48.4 Å². The van der Waals surface area contributed by atoms with Gasteiger partial charge in [0.1, 0.15) is 0 Å². The van der Waals surface area contributed by atoms with E-state index in [1.807, 2.05) is 0 Å². The second-order valence-corrected chi connectivity index (χ2v) is 5.56. The van der Waals surface area contributed by atoms with Crippen LogP contribution in [0.15, 0.2) is 18.2 Å². The molecule has 0 N–H and O–H groups in total. The molecular formula is C15H21N. The van der Waals surface area contributed by atoms with Crippen molar-refractivity contribution in [3.63, 3.8) is 0 Å². The fraction of sp³-hybridized carbons (Fsp3) is 0.600. The molecule has 1 unspecified atom stereocenters. The number of benzene rings is 1. The van der Waals surface area contributed by atoms with Gasteiger partial charge in [-0.3, -0.25) is 4.90 Å². The van der Waals surface area contributed by atoms with E-state index in [2.05, 4.69) is 36.9 Å². The number of nitrogens with zero attached hydrogens (tertiary/aromatic N) is 1. The van der Waals surface area contributed by atoms with Gasteiger partial charge in [-0.25, -0.2) is 0 Å². The van der Waals surface area contributed by atoms with Gasteiger partial charge in [0.15, 0.2) is 0 Å². The van der Waals surface area contributed by atoms with Gasteiger partial charge in [0.2, 0.25) is 0 Å². The summed E-state index contributed by atoms with van der Waals surface area (Å²) >= 11 is 0. The lowest BCUT2D eigenvalue weighted by Crippen LogP contribution is -2.30. The topological polar surface area (TPSA) is 3.24 Å². The lowest BCUT2D eigenvalue weighted by atomic mass is 9.89. The molecule has 2 heterocycles. The van der Waals surface area contributed by atoms with Gasteiger partial charge in [-0.15, -0.1) is 0 Å². The summed E-state index contributed by atoms with van der Waals surface area (Å²) in [6.07, 6.45) is 4.01. The van der Waals surface area contributed by atoms with E-state index in [4.69, 9.17) is 0 Å². The first kappa shape index (κ1) is 10.3. The quantitative estimate of drug-likeness (QED) is 0.693. The Labute approximate surface area is 98.5 Å². The molecule has 16 heavy (non-hydrogen) atoms. The van der Waals surface area contributed by atoms with Crippen LogP contribution in [0.1, 0.15) is 55.3 Å². The molecule has 0 spiro atoms. The van der Waals surface area contributed by atoms with Gasteiger partial charge in [-0.1, -0.05) is 32.0 Å². The Morgan fingerprint density at radius 2 is 2.12 bits per heavy atom. The minimum Gasteiger partial charge on any atom is -0.296 e. The molecule has 0 aromatic heterocycles. The van der Waals surface area contributed by atoms with Crippen LogP contribution in [0, 0.1) is 0 Å². The molecule has 86 valence electrons. The Morgan fingerprint density at radius 3 is 2.94 bits per heavy atom. The predicted molar refractivity (Wildman–Crippen MR) is 67.8 cm³/mol. The van der Waals surface area contributed by atoms with Crippen LogP contribution in [0.5, 0.6) is 0 Å². The lowest BCUT2D eigenvalue weighted by Gasteiger charge is -2.32. The van der Waals surface area contributed by atoms with Crippen molar-refractivity contribution >= 4 is 0 Å². The van der Waals surface area contributed by atoms with Gasteiger partial charge in [0.25, 0.3) is 0 Å². The van der Waals surface area contributed by atoms with Crippen molar-refractivity contribution in [1.82, 2.24) is 4.90 Å². The zero-order chi connectivity index (χ0) is 11.1. The standard InChI is InChI=1S/C15H21N/c1-11(2)13-6-5-12-7-9-16-8-3-4-15(16)14(12)10-13/h5-6,10-11,15H,3-4,7-9H2,1-2H3. The fourth-order valence-electron chi connectivity index (χ4n) is 3.22. The summed E-state index contributed by atoms with van der Waals surface area (Å²) in [4.78, 5) is 2.67. The molecule has 0 radical (unpaired) electrons. The van der Waals surface area contributed by atoms with E-state index in [1.165, 1.54) is 37.9 Å². The summed E-state index contributed by atoms with van der Waals surface area (Å²) in [7, 11) is 0. The lowest BCUT2D eigenvalue weighted by molar-refractivity contribution is 0.243. The highest BCUT2D eigenvalue weighted by Crippen LogP contribution is 2.38. The smallest absolute Gasteiger partial charge is 0.0351 e. The first-order valence-electron chi connectivity index (χ1n) is 6.62. The van der Waals surface area contributed by atoms with Crippen LogP contribution in [0.3, 0.4) is 0 Å².